The van der Waals surface area contributed by atoms with Gasteiger partial charge in [-0.25, -0.2) is 0 Å². The minimum atomic E-state index is -0.445. The highest BCUT2D eigenvalue weighted by Gasteiger charge is 2.13. The number of rotatable bonds is 7. The molecule has 1 aromatic carbocycles. The van der Waals surface area contributed by atoms with Crippen molar-refractivity contribution in [2.24, 2.45) is 5.84 Å². The molecule has 6 nitrogen and oxygen atoms in total. The summed E-state index contributed by atoms with van der Waals surface area (Å²) >= 11 is 1.75. The number of thiophene rings is 1. The number of nitrogens with zero attached hydrogens (tertiary/aromatic N) is 2. The van der Waals surface area contributed by atoms with Gasteiger partial charge in [-0.15, -0.1) is 11.3 Å². The van der Waals surface area contributed by atoms with Gasteiger partial charge in [0.1, 0.15) is 5.69 Å². The number of nitro benzene ring substituents is 1. The number of likely N-dealkylation sites (N-methyl/N-ethyl adjacent to an activating group) is 1. The summed E-state index contributed by atoms with van der Waals surface area (Å²) in [5.74, 6) is 5.34. The zero-order chi connectivity index (χ0) is 15.2. The number of anilines is 1. The lowest BCUT2D eigenvalue weighted by atomic mass is 10.1. The predicted molar refractivity (Wildman–Crippen MR) is 85.3 cm³/mol. The van der Waals surface area contributed by atoms with Crippen LogP contribution in [0.15, 0.2) is 35.7 Å². The van der Waals surface area contributed by atoms with Crippen molar-refractivity contribution in [3.8, 4) is 0 Å². The van der Waals surface area contributed by atoms with Gasteiger partial charge in [-0.1, -0.05) is 12.1 Å². The van der Waals surface area contributed by atoms with Gasteiger partial charge >= 0.3 is 0 Å². The van der Waals surface area contributed by atoms with E-state index in [0.717, 1.165) is 25.1 Å². The maximum absolute atomic E-state index is 10.8. The van der Waals surface area contributed by atoms with Gasteiger partial charge in [0.2, 0.25) is 0 Å². The summed E-state index contributed by atoms with van der Waals surface area (Å²) in [4.78, 5) is 13.9. The summed E-state index contributed by atoms with van der Waals surface area (Å²) in [7, 11) is 2.03. The first kappa shape index (κ1) is 15.4. The number of benzene rings is 1. The van der Waals surface area contributed by atoms with Gasteiger partial charge in [-0.05, 0) is 36.5 Å². The molecular formula is C14H18N4O2S. The Bertz CT molecular complexity index is 601. The smallest absolute Gasteiger partial charge is 0.293 e. The monoisotopic (exact) mass is 306 g/mol. The molecule has 0 aliphatic heterocycles. The van der Waals surface area contributed by atoms with Crippen LogP contribution in [0.25, 0.3) is 0 Å². The molecule has 7 heteroatoms. The van der Waals surface area contributed by atoms with Crippen LogP contribution in [0.2, 0.25) is 0 Å². The molecule has 0 atom stereocenters. The predicted octanol–water partition coefficient (Wildman–Crippen LogP) is 2.62. The standard InChI is InChI=1S/C14H18N4O2S/c1-17(7-6-12-3-2-8-21-12)10-11-4-5-14(18(19)20)13(9-11)16-15/h2-5,8-9,16H,6-7,10,15H2,1H3. The Morgan fingerprint density at radius 1 is 1.43 bits per heavy atom. The molecule has 0 radical (unpaired) electrons. The molecule has 0 saturated heterocycles. The van der Waals surface area contributed by atoms with Gasteiger partial charge < -0.3 is 10.3 Å². The Balaban J connectivity index is 1.97. The van der Waals surface area contributed by atoms with E-state index in [2.05, 4.69) is 27.8 Å². The maximum Gasteiger partial charge on any atom is 0.293 e. The summed E-state index contributed by atoms with van der Waals surface area (Å²) in [5.41, 5.74) is 3.70. The van der Waals surface area contributed by atoms with Gasteiger partial charge in [0.15, 0.2) is 0 Å². The highest BCUT2D eigenvalue weighted by Crippen LogP contribution is 2.25. The number of nitro groups is 1. The fourth-order valence-electron chi connectivity index (χ4n) is 2.10. The van der Waals surface area contributed by atoms with Gasteiger partial charge in [-0.3, -0.25) is 16.0 Å². The van der Waals surface area contributed by atoms with Crippen molar-refractivity contribution in [2.45, 2.75) is 13.0 Å². The second-order valence-corrected chi connectivity index (χ2v) is 5.85. The van der Waals surface area contributed by atoms with Crippen LogP contribution in [0.5, 0.6) is 0 Å². The molecule has 0 spiro atoms. The minimum absolute atomic E-state index is 0.0116. The molecule has 0 fully saturated rings. The van der Waals surface area contributed by atoms with E-state index in [4.69, 9.17) is 5.84 Å². The highest BCUT2D eigenvalue weighted by molar-refractivity contribution is 7.09. The Labute approximate surface area is 127 Å². The fraction of sp³-hybridized carbons (Fsp3) is 0.286. The fourth-order valence-corrected chi connectivity index (χ4v) is 2.80. The number of nitrogen functional groups attached to an aromatic ring is 1. The highest BCUT2D eigenvalue weighted by atomic mass is 32.1. The zero-order valence-electron chi connectivity index (χ0n) is 11.8. The third-order valence-electron chi connectivity index (χ3n) is 3.19. The van der Waals surface area contributed by atoms with Crippen molar-refractivity contribution in [1.29, 1.82) is 0 Å². The van der Waals surface area contributed by atoms with E-state index < -0.39 is 4.92 Å². The summed E-state index contributed by atoms with van der Waals surface area (Å²) in [6, 6.07) is 9.15. The second kappa shape index (κ2) is 7.16. The Morgan fingerprint density at radius 2 is 2.24 bits per heavy atom. The van der Waals surface area contributed by atoms with Gasteiger partial charge in [0.05, 0.1) is 4.92 Å². The normalized spacial score (nSPS) is 10.8. The van der Waals surface area contributed by atoms with Crippen LogP contribution in [-0.4, -0.2) is 23.4 Å². The Morgan fingerprint density at radius 3 is 2.86 bits per heavy atom. The molecule has 3 N–H and O–H groups in total. The van der Waals surface area contributed by atoms with Crippen LogP contribution in [0.4, 0.5) is 11.4 Å². The molecule has 0 unspecified atom stereocenters. The number of hydrogen-bond acceptors (Lipinski definition) is 6. The molecule has 0 aliphatic carbocycles. The van der Waals surface area contributed by atoms with Crippen molar-refractivity contribution in [2.75, 3.05) is 19.0 Å². The molecule has 0 bridgehead atoms. The van der Waals surface area contributed by atoms with E-state index in [1.54, 1.807) is 23.5 Å². The van der Waals surface area contributed by atoms with Gasteiger partial charge in [0.25, 0.3) is 5.69 Å². The maximum atomic E-state index is 10.8. The van der Waals surface area contributed by atoms with E-state index in [1.165, 1.54) is 10.9 Å². The molecule has 1 aromatic heterocycles. The molecular weight excluding hydrogens is 288 g/mol. The van der Waals surface area contributed by atoms with Crippen LogP contribution in [-0.2, 0) is 13.0 Å². The summed E-state index contributed by atoms with van der Waals surface area (Å²) in [5, 5.41) is 12.9. The number of hydrogen-bond donors (Lipinski definition) is 2. The average Bonchev–Trinajstić information content (AvgIpc) is 2.98. The van der Waals surface area contributed by atoms with Crippen molar-refractivity contribution >= 4 is 22.7 Å². The third kappa shape index (κ3) is 4.25. The molecule has 21 heavy (non-hydrogen) atoms. The zero-order valence-corrected chi connectivity index (χ0v) is 12.6. The van der Waals surface area contributed by atoms with Crippen molar-refractivity contribution < 1.29 is 4.92 Å². The molecule has 2 aromatic rings. The van der Waals surface area contributed by atoms with E-state index in [-0.39, 0.29) is 5.69 Å². The van der Waals surface area contributed by atoms with Crippen LogP contribution in [0.1, 0.15) is 10.4 Å². The molecule has 1 heterocycles. The molecule has 0 amide bonds. The lowest BCUT2D eigenvalue weighted by molar-refractivity contribution is -0.384. The second-order valence-electron chi connectivity index (χ2n) is 4.82. The number of nitrogens with two attached hydrogens (primary N) is 1. The van der Waals surface area contributed by atoms with Gasteiger partial charge in [0, 0.05) is 24.0 Å². The molecule has 112 valence electrons. The number of nitrogens with one attached hydrogen (secondary N) is 1. The Hall–Kier alpha value is -1.96. The SMILES string of the molecule is CN(CCc1cccs1)Cc1ccc([N+](=O)[O-])c(NN)c1. The lowest BCUT2D eigenvalue weighted by Gasteiger charge is -2.16. The van der Waals surface area contributed by atoms with E-state index >= 15 is 0 Å². The first-order chi connectivity index (χ1) is 10.1. The van der Waals surface area contributed by atoms with Crippen LogP contribution in [0, 0.1) is 10.1 Å². The van der Waals surface area contributed by atoms with Crippen molar-refractivity contribution in [3.05, 3.63) is 56.3 Å². The summed E-state index contributed by atoms with van der Waals surface area (Å²) < 4.78 is 0. The van der Waals surface area contributed by atoms with Crippen LogP contribution in [0.3, 0.4) is 0 Å². The van der Waals surface area contributed by atoms with Crippen LogP contribution < -0.4 is 11.3 Å². The van der Waals surface area contributed by atoms with E-state index in [1.807, 2.05) is 7.05 Å². The largest absolute Gasteiger partial charge is 0.318 e. The first-order valence-corrected chi connectivity index (χ1v) is 7.43. The topological polar surface area (TPSA) is 84.4 Å². The van der Waals surface area contributed by atoms with Crippen molar-refractivity contribution in [3.63, 3.8) is 0 Å². The molecule has 0 aliphatic rings. The van der Waals surface area contributed by atoms with Crippen molar-refractivity contribution in [1.82, 2.24) is 4.90 Å². The quantitative estimate of drug-likeness (QED) is 0.466. The summed E-state index contributed by atoms with van der Waals surface area (Å²) in [6.07, 6.45) is 1.00. The first-order valence-electron chi connectivity index (χ1n) is 6.55. The average molecular weight is 306 g/mol. The van der Waals surface area contributed by atoms with Crippen LogP contribution >= 0.6 is 11.3 Å². The number of hydrazine groups is 1. The Kier molecular flexibility index (Phi) is 5.26. The van der Waals surface area contributed by atoms with Gasteiger partial charge in [-0.2, -0.15) is 0 Å². The van der Waals surface area contributed by atoms with E-state index in [0.29, 0.717) is 5.69 Å². The summed E-state index contributed by atoms with van der Waals surface area (Å²) in [6.45, 7) is 1.65. The lowest BCUT2D eigenvalue weighted by Crippen LogP contribution is -2.20. The molecule has 2 rings (SSSR count). The molecule has 0 saturated carbocycles. The minimum Gasteiger partial charge on any atom is -0.318 e. The van der Waals surface area contributed by atoms with E-state index in [9.17, 15) is 10.1 Å². The third-order valence-corrected chi connectivity index (χ3v) is 4.12.